The fraction of sp³-hybridized carbons (Fsp3) is 0.133. The number of amides is 1. The van der Waals surface area contributed by atoms with Crippen LogP contribution in [-0.4, -0.2) is 18.1 Å². The molecule has 2 rings (SSSR count). The first-order chi connectivity index (χ1) is 9.60. The van der Waals surface area contributed by atoms with Crippen LogP contribution in [0.5, 0.6) is 5.75 Å². The van der Waals surface area contributed by atoms with Crippen LogP contribution in [0.25, 0.3) is 0 Å². The third kappa shape index (κ3) is 3.59. The second-order valence-corrected chi connectivity index (χ2v) is 5.26. The zero-order valence-corrected chi connectivity index (χ0v) is 12.6. The van der Waals surface area contributed by atoms with Crippen molar-refractivity contribution in [3.63, 3.8) is 0 Å². The monoisotopic (exact) mass is 334 g/mol. The third-order valence-corrected chi connectivity index (χ3v) is 3.26. The zero-order chi connectivity index (χ0) is 14.5. The van der Waals surface area contributed by atoms with Gasteiger partial charge in [0.25, 0.3) is 5.91 Å². The number of halogens is 1. The number of hydrogen-bond donors (Lipinski definition) is 3. The van der Waals surface area contributed by atoms with Gasteiger partial charge in [0.1, 0.15) is 5.75 Å². The summed E-state index contributed by atoms with van der Waals surface area (Å²) in [5.74, 6) is -0.389. The van der Waals surface area contributed by atoms with Gasteiger partial charge in [0.2, 0.25) is 0 Å². The highest BCUT2D eigenvalue weighted by Crippen LogP contribution is 2.23. The van der Waals surface area contributed by atoms with Gasteiger partial charge >= 0.3 is 0 Å². The first kappa shape index (κ1) is 14.6. The number of phenols is 1. The van der Waals surface area contributed by atoms with Gasteiger partial charge in [-0.1, -0.05) is 28.1 Å². The molecule has 0 saturated carbocycles. The molecule has 0 aliphatic rings. The van der Waals surface area contributed by atoms with Crippen molar-refractivity contribution in [2.24, 2.45) is 0 Å². The minimum Gasteiger partial charge on any atom is -0.507 e. The molecule has 0 aliphatic carbocycles. The normalized spacial score (nSPS) is 10.3. The van der Waals surface area contributed by atoms with Crippen molar-refractivity contribution >= 4 is 27.5 Å². The first-order valence-corrected chi connectivity index (χ1v) is 6.93. The van der Waals surface area contributed by atoms with Crippen molar-refractivity contribution < 1.29 is 9.90 Å². The van der Waals surface area contributed by atoms with Crippen LogP contribution in [0.2, 0.25) is 0 Å². The molecule has 104 valence electrons. The molecule has 5 heteroatoms. The quantitative estimate of drug-likeness (QED) is 0.805. The molecule has 0 fully saturated rings. The van der Waals surface area contributed by atoms with E-state index in [-0.39, 0.29) is 17.2 Å². The number of phenolic OH excluding ortho intramolecular Hbond substituents is 1. The summed E-state index contributed by atoms with van der Waals surface area (Å²) in [6.07, 6.45) is 0. The molecule has 0 saturated heterocycles. The Bertz CT molecular complexity index is 629. The van der Waals surface area contributed by atoms with Gasteiger partial charge in [0, 0.05) is 16.7 Å². The molecule has 4 nitrogen and oxygen atoms in total. The van der Waals surface area contributed by atoms with Gasteiger partial charge in [-0.3, -0.25) is 4.79 Å². The Morgan fingerprint density at radius 2 is 2.05 bits per heavy atom. The van der Waals surface area contributed by atoms with Crippen molar-refractivity contribution in [1.29, 1.82) is 0 Å². The summed E-state index contributed by atoms with van der Waals surface area (Å²) in [6.45, 7) is 0.729. The van der Waals surface area contributed by atoms with E-state index >= 15 is 0 Å². The fourth-order valence-electron chi connectivity index (χ4n) is 1.86. The minimum absolute atomic E-state index is 0.0525. The van der Waals surface area contributed by atoms with E-state index in [2.05, 4.69) is 26.6 Å². The molecule has 0 aromatic heterocycles. The SMILES string of the molecule is CNCc1cccc(NC(=O)c2ccc(Br)cc2O)c1. The molecule has 0 radical (unpaired) electrons. The van der Waals surface area contributed by atoms with Crippen molar-refractivity contribution in [1.82, 2.24) is 5.32 Å². The highest BCUT2D eigenvalue weighted by atomic mass is 79.9. The predicted molar refractivity (Wildman–Crippen MR) is 83.0 cm³/mol. The summed E-state index contributed by atoms with van der Waals surface area (Å²) < 4.78 is 0.725. The van der Waals surface area contributed by atoms with Crippen LogP contribution in [0.1, 0.15) is 15.9 Å². The summed E-state index contributed by atoms with van der Waals surface area (Å²) in [6, 6.07) is 12.3. The number of anilines is 1. The van der Waals surface area contributed by atoms with E-state index in [0.717, 1.165) is 16.6 Å². The van der Waals surface area contributed by atoms with E-state index in [0.29, 0.717) is 5.69 Å². The second-order valence-electron chi connectivity index (χ2n) is 4.35. The molecular formula is C15H15BrN2O2. The molecule has 0 bridgehead atoms. The highest BCUT2D eigenvalue weighted by molar-refractivity contribution is 9.10. The van der Waals surface area contributed by atoms with Gasteiger partial charge < -0.3 is 15.7 Å². The number of hydrogen-bond acceptors (Lipinski definition) is 3. The smallest absolute Gasteiger partial charge is 0.259 e. The Balaban J connectivity index is 2.17. The van der Waals surface area contributed by atoms with Crippen LogP contribution in [0, 0.1) is 0 Å². The number of rotatable bonds is 4. The van der Waals surface area contributed by atoms with Gasteiger partial charge in [0.05, 0.1) is 5.56 Å². The maximum atomic E-state index is 12.1. The Morgan fingerprint density at radius 1 is 1.25 bits per heavy atom. The summed E-state index contributed by atoms with van der Waals surface area (Å²) in [4.78, 5) is 12.1. The summed E-state index contributed by atoms with van der Waals surface area (Å²) in [5, 5.41) is 15.6. The maximum Gasteiger partial charge on any atom is 0.259 e. The van der Waals surface area contributed by atoms with Gasteiger partial charge in [-0.15, -0.1) is 0 Å². The van der Waals surface area contributed by atoms with E-state index < -0.39 is 0 Å². The Labute approximate surface area is 126 Å². The lowest BCUT2D eigenvalue weighted by Crippen LogP contribution is -2.12. The van der Waals surface area contributed by atoms with E-state index in [1.165, 1.54) is 6.07 Å². The molecule has 0 unspecified atom stereocenters. The van der Waals surface area contributed by atoms with Crippen molar-refractivity contribution in [3.05, 3.63) is 58.1 Å². The molecular weight excluding hydrogens is 320 g/mol. The van der Waals surface area contributed by atoms with Crippen LogP contribution in [0.15, 0.2) is 46.9 Å². The van der Waals surface area contributed by atoms with E-state index in [1.54, 1.807) is 12.1 Å². The Hall–Kier alpha value is -1.85. The fourth-order valence-corrected chi connectivity index (χ4v) is 2.21. The molecule has 0 spiro atoms. The molecule has 0 aliphatic heterocycles. The minimum atomic E-state index is -0.336. The molecule has 2 aromatic rings. The Morgan fingerprint density at radius 3 is 2.75 bits per heavy atom. The topological polar surface area (TPSA) is 61.4 Å². The molecule has 0 heterocycles. The predicted octanol–water partition coefficient (Wildman–Crippen LogP) is 3.13. The first-order valence-electron chi connectivity index (χ1n) is 6.13. The van der Waals surface area contributed by atoms with Crippen molar-refractivity contribution in [2.75, 3.05) is 12.4 Å². The van der Waals surface area contributed by atoms with Gasteiger partial charge in [-0.2, -0.15) is 0 Å². The van der Waals surface area contributed by atoms with Crippen LogP contribution in [0.3, 0.4) is 0 Å². The van der Waals surface area contributed by atoms with Gasteiger partial charge in [-0.25, -0.2) is 0 Å². The lowest BCUT2D eigenvalue weighted by molar-refractivity contribution is 0.102. The van der Waals surface area contributed by atoms with Crippen LogP contribution in [0.4, 0.5) is 5.69 Å². The number of carbonyl (C=O) groups excluding carboxylic acids is 1. The van der Waals surface area contributed by atoms with Crippen LogP contribution >= 0.6 is 15.9 Å². The summed E-state index contributed by atoms with van der Waals surface area (Å²) in [5.41, 5.74) is 2.02. The molecule has 0 atom stereocenters. The van der Waals surface area contributed by atoms with Crippen LogP contribution < -0.4 is 10.6 Å². The average Bonchev–Trinajstić information content (AvgIpc) is 2.39. The molecule has 2 aromatic carbocycles. The summed E-state index contributed by atoms with van der Waals surface area (Å²) >= 11 is 3.24. The second kappa shape index (κ2) is 6.54. The van der Waals surface area contributed by atoms with Crippen LogP contribution in [-0.2, 0) is 6.54 Å². The van der Waals surface area contributed by atoms with Crippen molar-refractivity contribution in [3.8, 4) is 5.75 Å². The summed E-state index contributed by atoms with van der Waals surface area (Å²) in [7, 11) is 1.87. The molecule has 1 amide bonds. The highest BCUT2D eigenvalue weighted by Gasteiger charge is 2.11. The standard InChI is InChI=1S/C15H15BrN2O2/c1-17-9-10-3-2-4-12(7-10)18-15(20)13-6-5-11(16)8-14(13)19/h2-8,17,19H,9H2,1H3,(H,18,20). The number of nitrogens with one attached hydrogen (secondary N) is 2. The largest absolute Gasteiger partial charge is 0.507 e. The lowest BCUT2D eigenvalue weighted by atomic mass is 10.1. The van der Waals surface area contributed by atoms with Gasteiger partial charge in [-0.05, 0) is 42.9 Å². The average molecular weight is 335 g/mol. The third-order valence-electron chi connectivity index (χ3n) is 2.77. The maximum absolute atomic E-state index is 12.1. The van der Waals surface area contributed by atoms with Crippen molar-refractivity contribution in [2.45, 2.75) is 6.54 Å². The molecule has 3 N–H and O–H groups in total. The lowest BCUT2D eigenvalue weighted by Gasteiger charge is -2.08. The zero-order valence-electron chi connectivity index (χ0n) is 11.0. The van der Waals surface area contributed by atoms with E-state index in [1.807, 2.05) is 31.3 Å². The Kier molecular flexibility index (Phi) is 4.76. The van der Waals surface area contributed by atoms with E-state index in [9.17, 15) is 9.90 Å². The number of carbonyl (C=O) groups is 1. The molecule has 20 heavy (non-hydrogen) atoms. The van der Waals surface area contributed by atoms with Gasteiger partial charge in [0.15, 0.2) is 0 Å². The van der Waals surface area contributed by atoms with E-state index in [4.69, 9.17) is 0 Å². The number of benzene rings is 2. The number of aromatic hydroxyl groups is 1.